The largest absolute Gasteiger partial charge is 0.482 e. The summed E-state index contributed by atoms with van der Waals surface area (Å²) in [5.74, 6) is 2.00. The predicted octanol–water partition coefficient (Wildman–Crippen LogP) is 2.83. The molecule has 2 aromatic rings. The van der Waals surface area contributed by atoms with E-state index in [1.165, 1.54) is 5.56 Å². The van der Waals surface area contributed by atoms with Gasteiger partial charge in [-0.2, -0.15) is 0 Å². The maximum Gasteiger partial charge on any atom is 0.170 e. The summed E-state index contributed by atoms with van der Waals surface area (Å²) in [6.45, 7) is 6.78. The highest BCUT2D eigenvalue weighted by Gasteiger charge is 2.27. The molecule has 1 aromatic carbocycles. The Morgan fingerprint density at radius 3 is 2.52 bits per heavy atom. The van der Waals surface area contributed by atoms with E-state index in [0.717, 1.165) is 34.9 Å². The molecular weight excluding hydrogens is 262 g/mol. The zero-order chi connectivity index (χ0) is 15.0. The Labute approximate surface area is 125 Å². The van der Waals surface area contributed by atoms with Crippen LogP contribution in [0.3, 0.4) is 0 Å². The van der Waals surface area contributed by atoms with Crippen molar-refractivity contribution in [2.24, 2.45) is 5.73 Å². The first-order valence-electron chi connectivity index (χ1n) is 7.39. The van der Waals surface area contributed by atoms with Gasteiger partial charge < -0.3 is 10.5 Å². The van der Waals surface area contributed by atoms with Crippen molar-refractivity contribution >= 4 is 0 Å². The molecule has 4 heteroatoms. The summed E-state index contributed by atoms with van der Waals surface area (Å²) in [6, 6.07) is 8.12. The Hall–Kier alpha value is -1.94. The lowest BCUT2D eigenvalue weighted by Gasteiger charge is -2.17. The minimum atomic E-state index is -0.0815. The second-order valence-electron chi connectivity index (χ2n) is 5.72. The number of aryl methyl sites for hydroxylation is 2. The highest BCUT2D eigenvalue weighted by Crippen LogP contribution is 2.35. The van der Waals surface area contributed by atoms with Gasteiger partial charge in [0.1, 0.15) is 5.75 Å². The molecule has 0 amide bonds. The molecule has 0 bridgehead atoms. The van der Waals surface area contributed by atoms with Crippen molar-refractivity contribution < 1.29 is 4.74 Å². The molecule has 0 fully saturated rings. The molecular formula is C17H21N3O. The maximum absolute atomic E-state index is 5.98. The number of aromatic nitrogens is 2. The van der Waals surface area contributed by atoms with Gasteiger partial charge in [-0.3, -0.25) is 0 Å². The van der Waals surface area contributed by atoms with Gasteiger partial charge in [0, 0.05) is 17.8 Å². The molecule has 0 radical (unpaired) electrons. The first-order chi connectivity index (χ1) is 10.1. The van der Waals surface area contributed by atoms with Crippen molar-refractivity contribution in [2.45, 2.75) is 39.2 Å². The van der Waals surface area contributed by atoms with Crippen LogP contribution in [0.5, 0.6) is 5.75 Å². The average Bonchev–Trinajstić information content (AvgIpc) is 2.90. The standard InChI is InChI=1S/C17H21N3O/c1-10(9-18)16-11(2)19-17(20-12(16)3)15-8-13-6-4-5-7-14(13)21-15/h4-7,10,15H,8-9,18H2,1-3H3. The summed E-state index contributed by atoms with van der Waals surface area (Å²) in [6.07, 6.45) is 0.753. The van der Waals surface area contributed by atoms with E-state index >= 15 is 0 Å². The lowest BCUT2D eigenvalue weighted by atomic mass is 9.98. The fourth-order valence-corrected chi connectivity index (χ4v) is 3.05. The molecule has 0 aliphatic carbocycles. The van der Waals surface area contributed by atoms with Crippen LogP contribution in [0.25, 0.3) is 0 Å². The molecule has 2 unspecified atom stereocenters. The van der Waals surface area contributed by atoms with Crippen LogP contribution in [-0.4, -0.2) is 16.5 Å². The quantitative estimate of drug-likeness (QED) is 0.941. The van der Waals surface area contributed by atoms with Crippen LogP contribution in [-0.2, 0) is 6.42 Å². The number of hydrogen-bond donors (Lipinski definition) is 1. The molecule has 0 spiro atoms. The second-order valence-corrected chi connectivity index (χ2v) is 5.72. The summed E-state index contributed by atoms with van der Waals surface area (Å²) in [5, 5.41) is 0. The SMILES string of the molecule is Cc1nc(C2Cc3ccccc3O2)nc(C)c1C(C)CN. The molecule has 21 heavy (non-hydrogen) atoms. The van der Waals surface area contributed by atoms with E-state index in [1.54, 1.807) is 0 Å². The van der Waals surface area contributed by atoms with Gasteiger partial charge in [0.2, 0.25) is 0 Å². The van der Waals surface area contributed by atoms with E-state index in [9.17, 15) is 0 Å². The minimum Gasteiger partial charge on any atom is -0.482 e. The van der Waals surface area contributed by atoms with Crippen LogP contribution in [0.2, 0.25) is 0 Å². The Bertz CT molecular complexity index is 621. The zero-order valence-corrected chi connectivity index (χ0v) is 12.8. The fraction of sp³-hybridized carbons (Fsp3) is 0.412. The number of benzene rings is 1. The molecule has 110 valence electrons. The van der Waals surface area contributed by atoms with Crippen LogP contribution >= 0.6 is 0 Å². The second kappa shape index (κ2) is 5.45. The third-order valence-electron chi connectivity index (χ3n) is 4.13. The van der Waals surface area contributed by atoms with Gasteiger partial charge in [-0.15, -0.1) is 0 Å². The highest BCUT2D eigenvalue weighted by molar-refractivity contribution is 5.38. The Kier molecular flexibility index (Phi) is 3.64. The van der Waals surface area contributed by atoms with E-state index in [-0.39, 0.29) is 12.0 Å². The van der Waals surface area contributed by atoms with Gasteiger partial charge in [0.05, 0.1) is 0 Å². The first kappa shape index (κ1) is 14.0. The van der Waals surface area contributed by atoms with Crippen LogP contribution in [0, 0.1) is 13.8 Å². The molecule has 2 heterocycles. The number of ether oxygens (including phenoxy) is 1. The Balaban J connectivity index is 1.92. The third-order valence-corrected chi connectivity index (χ3v) is 4.13. The van der Waals surface area contributed by atoms with E-state index in [2.05, 4.69) is 23.0 Å². The molecule has 1 aromatic heterocycles. The van der Waals surface area contributed by atoms with Gasteiger partial charge in [-0.1, -0.05) is 25.1 Å². The third kappa shape index (κ3) is 2.51. The van der Waals surface area contributed by atoms with E-state index in [1.807, 2.05) is 32.0 Å². The van der Waals surface area contributed by atoms with Crippen molar-refractivity contribution in [3.8, 4) is 5.75 Å². The summed E-state index contributed by atoms with van der Waals surface area (Å²) >= 11 is 0. The fourth-order valence-electron chi connectivity index (χ4n) is 3.05. The summed E-state index contributed by atoms with van der Waals surface area (Å²) in [5.41, 5.74) is 10.2. The van der Waals surface area contributed by atoms with Crippen LogP contribution in [0.4, 0.5) is 0 Å². The minimum absolute atomic E-state index is 0.0815. The van der Waals surface area contributed by atoms with Gasteiger partial charge in [0.25, 0.3) is 0 Å². The smallest absolute Gasteiger partial charge is 0.170 e. The predicted molar refractivity (Wildman–Crippen MR) is 82.5 cm³/mol. The van der Waals surface area contributed by atoms with E-state index in [4.69, 9.17) is 10.5 Å². The monoisotopic (exact) mass is 283 g/mol. The summed E-state index contributed by atoms with van der Waals surface area (Å²) in [4.78, 5) is 9.35. The number of fused-ring (bicyclic) bond motifs is 1. The summed E-state index contributed by atoms with van der Waals surface area (Å²) < 4.78 is 5.98. The Morgan fingerprint density at radius 2 is 1.90 bits per heavy atom. The average molecular weight is 283 g/mol. The van der Waals surface area contributed by atoms with Crippen molar-refractivity contribution in [3.05, 3.63) is 52.6 Å². The number of nitrogens with two attached hydrogens (primary N) is 1. The summed E-state index contributed by atoms with van der Waals surface area (Å²) in [7, 11) is 0. The molecule has 4 nitrogen and oxygen atoms in total. The first-order valence-corrected chi connectivity index (χ1v) is 7.39. The van der Waals surface area contributed by atoms with Crippen molar-refractivity contribution in [3.63, 3.8) is 0 Å². The van der Waals surface area contributed by atoms with Crippen molar-refractivity contribution in [1.82, 2.24) is 9.97 Å². The number of nitrogens with zero attached hydrogens (tertiary/aromatic N) is 2. The van der Waals surface area contributed by atoms with E-state index in [0.29, 0.717) is 6.54 Å². The van der Waals surface area contributed by atoms with Gasteiger partial charge in [0.15, 0.2) is 11.9 Å². The molecule has 2 atom stereocenters. The lowest BCUT2D eigenvalue weighted by Crippen LogP contribution is -2.17. The zero-order valence-electron chi connectivity index (χ0n) is 12.8. The molecule has 3 rings (SSSR count). The van der Waals surface area contributed by atoms with Crippen LogP contribution < -0.4 is 10.5 Å². The van der Waals surface area contributed by atoms with Gasteiger partial charge in [-0.25, -0.2) is 9.97 Å². The maximum atomic E-state index is 5.98. The molecule has 1 aliphatic rings. The van der Waals surface area contributed by atoms with Gasteiger partial charge in [-0.05, 0) is 43.5 Å². The van der Waals surface area contributed by atoms with Crippen molar-refractivity contribution in [1.29, 1.82) is 0 Å². The highest BCUT2D eigenvalue weighted by atomic mass is 16.5. The number of para-hydroxylation sites is 1. The molecule has 2 N–H and O–H groups in total. The molecule has 1 aliphatic heterocycles. The lowest BCUT2D eigenvalue weighted by molar-refractivity contribution is 0.226. The number of rotatable bonds is 3. The Morgan fingerprint density at radius 1 is 1.24 bits per heavy atom. The molecule has 0 saturated heterocycles. The molecule has 0 saturated carbocycles. The van der Waals surface area contributed by atoms with Crippen LogP contribution in [0.1, 0.15) is 47.3 Å². The topological polar surface area (TPSA) is 61.0 Å². The number of hydrogen-bond acceptors (Lipinski definition) is 4. The van der Waals surface area contributed by atoms with E-state index < -0.39 is 0 Å². The van der Waals surface area contributed by atoms with Crippen LogP contribution in [0.15, 0.2) is 24.3 Å². The van der Waals surface area contributed by atoms with Crippen molar-refractivity contribution in [2.75, 3.05) is 6.54 Å². The normalized spacial score (nSPS) is 18.2. The van der Waals surface area contributed by atoms with Gasteiger partial charge >= 0.3 is 0 Å².